The van der Waals surface area contributed by atoms with E-state index in [2.05, 4.69) is 11.0 Å². The summed E-state index contributed by atoms with van der Waals surface area (Å²) in [6.07, 6.45) is 2.27. The van der Waals surface area contributed by atoms with Crippen molar-refractivity contribution in [2.24, 2.45) is 0 Å². The molecule has 2 rings (SSSR count). The van der Waals surface area contributed by atoms with Crippen LogP contribution in [0.3, 0.4) is 0 Å². The quantitative estimate of drug-likeness (QED) is 0.759. The fourth-order valence-corrected chi connectivity index (χ4v) is 2.19. The Morgan fingerprint density at radius 1 is 1.47 bits per heavy atom. The van der Waals surface area contributed by atoms with E-state index in [1.807, 2.05) is 31.2 Å². The van der Waals surface area contributed by atoms with E-state index >= 15 is 0 Å². The van der Waals surface area contributed by atoms with Crippen molar-refractivity contribution in [2.75, 3.05) is 7.11 Å². The van der Waals surface area contributed by atoms with Gasteiger partial charge in [-0.15, -0.1) is 0 Å². The van der Waals surface area contributed by atoms with Crippen molar-refractivity contribution in [3.63, 3.8) is 0 Å². The summed E-state index contributed by atoms with van der Waals surface area (Å²) in [5.74, 6) is -0.194. The number of esters is 1. The third kappa shape index (κ3) is 3.33. The number of benzene rings is 1. The molecule has 0 aromatic heterocycles. The number of ether oxygens (including phenoxy) is 1. The number of carbonyl (C=O) groups is 1. The van der Waals surface area contributed by atoms with Gasteiger partial charge in [-0.2, -0.15) is 5.26 Å². The molecule has 1 saturated carbocycles. The second kappa shape index (κ2) is 5.85. The lowest BCUT2D eigenvalue weighted by Crippen LogP contribution is -2.40. The largest absolute Gasteiger partial charge is 0.468 e. The van der Waals surface area contributed by atoms with Crippen molar-refractivity contribution in [1.82, 2.24) is 4.90 Å². The van der Waals surface area contributed by atoms with Crippen LogP contribution in [0.25, 0.3) is 0 Å². The third-order valence-corrected chi connectivity index (χ3v) is 3.50. The molecule has 4 nitrogen and oxygen atoms in total. The molecule has 1 aromatic carbocycles. The fourth-order valence-electron chi connectivity index (χ4n) is 2.19. The van der Waals surface area contributed by atoms with Gasteiger partial charge in [0, 0.05) is 12.6 Å². The molecule has 0 aliphatic heterocycles. The molecule has 1 aromatic rings. The predicted octanol–water partition coefficient (Wildman–Crippen LogP) is 2.08. The summed E-state index contributed by atoms with van der Waals surface area (Å²) in [4.78, 5) is 13.8. The Morgan fingerprint density at radius 2 is 2.11 bits per heavy atom. The number of methoxy groups -OCH3 is 1. The molecule has 100 valence electrons. The molecule has 0 bridgehead atoms. The van der Waals surface area contributed by atoms with E-state index in [1.165, 1.54) is 7.11 Å². The van der Waals surface area contributed by atoms with Crippen molar-refractivity contribution < 1.29 is 9.53 Å². The highest BCUT2D eigenvalue weighted by Gasteiger charge is 2.35. The van der Waals surface area contributed by atoms with Gasteiger partial charge in [-0.1, -0.05) is 12.1 Å². The Kier molecular flexibility index (Phi) is 4.18. The van der Waals surface area contributed by atoms with Gasteiger partial charge in [0.15, 0.2) is 0 Å². The molecule has 1 aliphatic carbocycles. The highest BCUT2D eigenvalue weighted by molar-refractivity contribution is 5.75. The first-order chi connectivity index (χ1) is 9.15. The molecule has 19 heavy (non-hydrogen) atoms. The normalized spacial score (nSPS) is 15.9. The van der Waals surface area contributed by atoms with Gasteiger partial charge in [-0.25, -0.2) is 0 Å². The van der Waals surface area contributed by atoms with E-state index in [0.29, 0.717) is 18.2 Å². The first-order valence-electron chi connectivity index (χ1n) is 6.48. The Morgan fingerprint density at radius 3 is 2.58 bits per heavy atom. The van der Waals surface area contributed by atoms with Gasteiger partial charge in [0.2, 0.25) is 0 Å². The first kappa shape index (κ1) is 13.6. The van der Waals surface area contributed by atoms with E-state index in [9.17, 15) is 4.79 Å². The maximum atomic E-state index is 11.7. The Balaban J connectivity index is 2.08. The topological polar surface area (TPSA) is 53.3 Å². The summed E-state index contributed by atoms with van der Waals surface area (Å²) < 4.78 is 4.82. The molecule has 0 unspecified atom stereocenters. The number of nitrogens with zero attached hydrogens (tertiary/aromatic N) is 2. The monoisotopic (exact) mass is 258 g/mol. The summed E-state index contributed by atoms with van der Waals surface area (Å²) in [6, 6.07) is 9.86. The first-order valence-corrected chi connectivity index (χ1v) is 6.48. The van der Waals surface area contributed by atoms with Crippen LogP contribution >= 0.6 is 0 Å². The van der Waals surface area contributed by atoms with Crippen LogP contribution in [0.2, 0.25) is 0 Å². The zero-order valence-electron chi connectivity index (χ0n) is 11.3. The smallest absolute Gasteiger partial charge is 0.322 e. The van der Waals surface area contributed by atoms with Gasteiger partial charge in [0.1, 0.15) is 6.04 Å². The molecule has 0 radical (unpaired) electrons. The van der Waals surface area contributed by atoms with Crippen LogP contribution in [0.4, 0.5) is 0 Å². The van der Waals surface area contributed by atoms with Crippen LogP contribution in [0, 0.1) is 11.3 Å². The van der Waals surface area contributed by atoms with Crippen LogP contribution in [0.1, 0.15) is 30.9 Å². The van der Waals surface area contributed by atoms with Crippen molar-refractivity contribution in [3.8, 4) is 6.07 Å². The Hall–Kier alpha value is -1.86. The van der Waals surface area contributed by atoms with Crippen LogP contribution in [0.15, 0.2) is 24.3 Å². The lowest BCUT2D eigenvalue weighted by molar-refractivity contribution is -0.146. The number of hydrogen-bond acceptors (Lipinski definition) is 4. The Labute approximate surface area is 113 Å². The van der Waals surface area contributed by atoms with Crippen molar-refractivity contribution >= 4 is 5.97 Å². The molecule has 1 fully saturated rings. The molecule has 4 heteroatoms. The Bertz CT molecular complexity index is 486. The van der Waals surface area contributed by atoms with Crippen LogP contribution in [0.5, 0.6) is 0 Å². The van der Waals surface area contributed by atoms with Crippen molar-refractivity contribution in [3.05, 3.63) is 35.4 Å². The van der Waals surface area contributed by atoms with Gasteiger partial charge in [0.25, 0.3) is 0 Å². The van der Waals surface area contributed by atoms with Gasteiger partial charge in [-0.05, 0) is 37.5 Å². The standard InChI is InChI=1S/C15H18N2O2/c1-11(15(18)19-2)17(14-7-8-14)10-13-5-3-12(9-16)4-6-13/h3-6,11,14H,7-8,10H2,1-2H3/t11-/m1/s1. The summed E-state index contributed by atoms with van der Waals surface area (Å²) in [6.45, 7) is 2.60. The predicted molar refractivity (Wildman–Crippen MR) is 71.2 cm³/mol. The second-order valence-corrected chi connectivity index (χ2v) is 4.91. The summed E-state index contributed by atoms with van der Waals surface area (Å²) >= 11 is 0. The van der Waals surface area contributed by atoms with E-state index in [4.69, 9.17) is 10.00 Å². The SMILES string of the molecule is COC(=O)[C@@H](C)N(Cc1ccc(C#N)cc1)C1CC1. The molecule has 0 N–H and O–H groups in total. The molecule has 0 spiro atoms. The minimum Gasteiger partial charge on any atom is -0.468 e. The summed E-state index contributed by atoms with van der Waals surface area (Å²) in [7, 11) is 1.42. The summed E-state index contributed by atoms with van der Waals surface area (Å²) in [5.41, 5.74) is 1.77. The zero-order valence-corrected chi connectivity index (χ0v) is 11.3. The molecular weight excluding hydrogens is 240 g/mol. The number of hydrogen-bond donors (Lipinski definition) is 0. The highest BCUT2D eigenvalue weighted by atomic mass is 16.5. The molecule has 0 heterocycles. The zero-order chi connectivity index (χ0) is 13.8. The van der Waals surface area contributed by atoms with Crippen LogP contribution in [-0.2, 0) is 16.1 Å². The number of rotatable bonds is 5. The van der Waals surface area contributed by atoms with Gasteiger partial charge in [0.05, 0.1) is 18.7 Å². The maximum absolute atomic E-state index is 11.7. The molecule has 0 saturated heterocycles. The third-order valence-electron chi connectivity index (χ3n) is 3.50. The maximum Gasteiger partial charge on any atom is 0.322 e. The average Bonchev–Trinajstić information content (AvgIpc) is 3.28. The van der Waals surface area contributed by atoms with Gasteiger partial charge in [-0.3, -0.25) is 9.69 Å². The molecule has 1 atom stereocenters. The minimum absolute atomic E-state index is 0.194. The molecular formula is C15H18N2O2. The van der Waals surface area contributed by atoms with Crippen molar-refractivity contribution in [2.45, 2.75) is 38.4 Å². The van der Waals surface area contributed by atoms with Crippen LogP contribution in [-0.4, -0.2) is 30.1 Å². The van der Waals surface area contributed by atoms with Crippen LogP contribution < -0.4 is 0 Å². The second-order valence-electron chi connectivity index (χ2n) is 4.91. The summed E-state index contributed by atoms with van der Waals surface area (Å²) in [5, 5.41) is 8.78. The van der Waals surface area contributed by atoms with Gasteiger partial charge < -0.3 is 4.74 Å². The number of carbonyl (C=O) groups excluding carboxylic acids is 1. The average molecular weight is 258 g/mol. The molecule has 0 amide bonds. The fraction of sp³-hybridized carbons (Fsp3) is 0.467. The van der Waals surface area contributed by atoms with E-state index in [0.717, 1.165) is 18.4 Å². The van der Waals surface area contributed by atoms with E-state index in [-0.39, 0.29) is 12.0 Å². The van der Waals surface area contributed by atoms with Gasteiger partial charge >= 0.3 is 5.97 Å². The van der Waals surface area contributed by atoms with E-state index < -0.39 is 0 Å². The number of nitriles is 1. The lowest BCUT2D eigenvalue weighted by atomic mass is 10.1. The molecule has 1 aliphatic rings. The van der Waals surface area contributed by atoms with E-state index in [1.54, 1.807) is 0 Å². The lowest BCUT2D eigenvalue weighted by Gasteiger charge is -2.27. The van der Waals surface area contributed by atoms with Crippen molar-refractivity contribution in [1.29, 1.82) is 5.26 Å². The minimum atomic E-state index is -0.229. The highest BCUT2D eigenvalue weighted by Crippen LogP contribution is 2.30.